The summed E-state index contributed by atoms with van der Waals surface area (Å²) in [6, 6.07) is -0.0256. The molecule has 1 saturated heterocycles. The molecule has 0 saturated carbocycles. The van der Waals surface area contributed by atoms with Crippen LogP contribution in [0.25, 0.3) is 0 Å². The van der Waals surface area contributed by atoms with Crippen molar-refractivity contribution >= 4 is 29.0 Å². The van der Waals surface area contributed by atoms with Crippen LogP contribution in [0.3, 0.4) is 0 Å². The molecule has 1 atom stereocenters. The van der Waals surface area contributed by atoms with Crippen LogP contribution >= 0.6 is 23.1 Å². The molecule has 0 radical (unpaired) electrons. The van der Waals surface area contributed by atoms with Gasteiger partial charge in [-0.1, -0.05) is 0 Å². The van der Waals surface area contributed by atoms with Crippen LogP contribution in [0, 0.1) is 0 Å². The molecule has 0 aromatic carbocycles. The Morgan fingerprint density at radius 3 is 3.25 bits per heavy atom. The zero-order chi connectivity index (χ0) is 11.4. The van der Waals surface area contributed by atoms with E-state index in [0.717, 1.165) is 23.7 Å². The molecule has 88 valence electrons. The van der Waals surface area contributed by atoms with E-state index in [1.807, 2.05) is 24.2 Å². The summed E-state index contributed by atoms with van der Waals surface area (Å²) >= 11 is 3.39. The second kappa shape index (κ2) is 5.65. The van der Waals surface area contributed by atoms with E-state index < -0.39 is 0 Å². The lowest BCUT2D eigenvalue weighted by molar-refractivity contribution is -0.132. The van der Waals surface area contributed by atoms with Crippen LogP contribution in [0.2, 0.25) is 0 Å². The van der Waals surface area contributed by atoms with Gasteiger partial charge in [-0.15, -0.1) is 11.3 Å². The SMILES string of the molecule is CN(Cc1cscn1)C(=O)C1CSCCN1. The van der Waals surface area contributed by atoms with E-state index in [2.05, 4.69) is 10.3 Å². The third-order valence-electron chi connectivity index (χ3n) is 2.48. The van der Waals surface area contributed by atoms with E-state index >= 15 is 0 Å². The minimum Gasteiger partial charge on any atom is -0.338 e. The summed E-state index contributed by atoms with van der Waals surface area (Å²) in [5.74, 6) is 2.14. The largest absolute Gasteiger partial charge is 0.338 e. The van der Waals surface area contributed by atoms with Crippen molar-refractivity contribution in [3.8, 4) is 0 Å². The monoisotopic (exact) mass is 257 g/mol. The van der Waals surface area contributed by atoms with Crippen molar-refractivity contribution in [1.29, 1.82) is 0 Å². The van der Waals surface area contributed by atoms with Crippen LogP contribution in [-0.4, -0.2) is 46.9 Å². The van der Waals surface area contributed by atoms with Crippen molar-refractivity contribution in [2.24, 2.45) is 0 Å². The van der Waals surface area contributed by atoms with E-state index in [1.165, 1.54) is 0 Å². The first kappa shape index (κ1) is 11.9. The average molecular weight is 257 g/mol. The predicted molar refractivity (Wildman–Crippen MR) is 67.7 cm³/mol. The van der Waals surface area contributed by atoms with Crippen LogP contribution < -0.4 is 5.32 Å². The zero-order valence-corrected chi connectivity index (χ0v) is 10.8. The minimum atomic E-state index is -0.0256. The third kappa shape index (κ3) is 2.96. The normalized spacial score (nSPS) is 20.7. The molecule has 1 amide bonds. The number of rotatable bonds is 3. The summed E-state index contributed by atoms with van der Waals surface area (Å²) in [6.45, 7) is 1.52. The molecule has 1 aliphatic heterocycles. The van der Waals surface area contributed by atoms with Gasteiger partial charge in [0.25, 0.3) is 0 Å². The Kier molecular flexibility index (Phi) is 4.20. The van der Waals surface area contributed by atoms with Gasteiger partial charge in [0.1, 0.15) is 0 Å². The first-order valence-electron chi connectivity index (χ1n) is 5.20. The molecule has 4 nitrogen and oxygen atoms in total. The number of aromatic nitrogens is 1. The van der Waals surface area contributed by atoms with Crippen LogP contribution in [0.15, 0.2) is 10.9 Å². The number of carbonyl (C=O) groups excluding carboxylic acids is 1. The van der Waals surface area contributed by atoms with Crippen molar-refractivity contribution in [3.05, 3.63) is 16.6 Å². The Labute approximate surface area is 103 Å². The number of nitrogens with zero attached hydrogens (tertiary/aromatic N) is 2. The van der Waals surface area contributed by atoms with Crippen LogP contribution in [0.4, 0.5) is 0 Å². The topological polar surface area (TPSA) is 45.2 Å². The summed E-state index contributed by atoms with van der Waals surface area (Å²) in [5, 5.41) is 5.23. The molecule has 16 heavy (non-hydrogen) atoms. The first-order valence-corrected chi connectivity index (χ1v) is 7.30. The lowest BCUT2D eigenvalue weighted by Crippen LogP contribution is -2.49. The fraction of sp³-hybridized carbons (Fsp3) is 0.600. The number of carbonyl (C=O) groups is 1. The van der Waals surface area contributed by atoms with E-state index in [9.17, 15) is 4.79 Å². The average Bonchev–Trinajstić information content (AvgIpc) is 2.82. The number of thiazole rings is 1. The fourth-order valence-corrected chi connectivity index (χ4v) is 3.10. The molecule has 6 heteroatoms. The van der Waals surface area contributed by atoms with Crippen molar-refractivity contribution in [2.75, 3.05) is 25.1 Å². The molecule has 1 N–H and O–H groups in total. The van der Waals surface area contributed by atoms with E-state index in [-0.39, 0.29) is 11.9 Å². The highest BCUT2D eigenvalue weighted by Gasteiger charge is 2.24. The Balaban J connectivity index is 1.88. The highest BCUT2D eigenvalue weighted by atomic mass is 32.2. The Morgan fingerprint density at radius 1 is 1.75 bits per heavy atom. The quantitative estimate of drug-likeness (QED) is 0.870. The van der Waals surface area contributed by atoms with Gasteiger partial charge in [0.15, 0.2) is 0 Å². The molecule has 0 spiro atoms. The van der Waals surface area contributed by atoms with E-state index in [1.54, 1.807) is 21.7 Å². The summed E-state index contributed by atoms with van der Waals surface area (Å²) in [4.78, 5) is 18.0. The van der Waals surface area contributed by atoms with Crippen molar-refractivity contribution in [1.82, 2.24) is 15.2 Å². The standard InChI is InChI=1S/C10H15N3OS2/c1-13(4-8-5-16-7-12-8)10(14)9-6-15-3-2-11-9/h5,7,9,11H,2-4,6H2,1H3. The third-order valence-corrected chi connectivity index (χ3v) is 4.18. The van der Waals surface area contributed by atoms with Gasteiger partial charge in [-0.25, -0.2) is 4.98 Å². The van der Waals surface area contributed by atoms with Gasteiger partial charge < -0.3 is 10.2 Å². The summed E-state index contributed by atoms with van der Waals surface area (Å²) in [5.41, 5.74) is 2.76. The van der Waals surface area contributed by atoms with Gasteiger partial charge in [0.2, 0.25) is 5.91 Å². The zero-order valence-electron chi connectivity index (χ0n) is 9.18. The molecule has 1 unspecified atom stereocenters. The molecule has 0 bridgehead atoms. The molecule has 0 aliphatic carbocycles. The van der Waals surface area contributed by atoms with Gasteiger partial charge in [-0.2, -0.15) is 11.8 Å². The van der Waals surface area contributed by atoms with Gasteiger partial charge in [0.05, 0.1) is 23.8 Å². The van der Waals surface area contributed by atoms with Gasteiger partial charge >= 0.3 is 0 Å². The number of amides is 1. The second-order valence-corrected chi connectivity index (χ2v) is 5.62. The summed E-state index contributed by atoms with van der Waals surface area (Å²) in [6.07, 6.45) is 0. The Morgan fingerprint density at radius 2 is 2.62 bits per heavy atom. The number of hydrogen-bond donors (Lipinski definition) is 1. The predicted octanol–water partition coefficient (Wildman–Crippen LogP) is 0.806. The van der Waals surface area contributed by atoms with Crippen molar-refractivity contribution in [2.45, 2.75) is 12.6 Å². The molecule has 2 heterocycles. The molecule has 1 aromatic heterocycles. The summed E-state index contributed by atoms with van der Waals surface area (Å²) < 4.78 is 0. The Bertz CT molecular complexity index is 336. The van der Waals surface area contributed by atoms with E-state index in [4.69, 9.17) is 0 Å². The van der Waals surface area contributed by atoms with Gasteiger partial charge in [-0.05, 0) is 0 Å². The highest BCUT2D eigenvalue weighted by molar-refractivity contribution is 7.99. The maximum Gasteiger partial charge on any atom is 0.240 e. The number of thioether (sulfide) groups is 1. The highest BCUT2D eigenvalue weighted by Crippen LogP contribution is 2.11. The molecular formula is C10H15N3OS2. The summed E-state index contributed by atoms with van der Waals surface area (Å²) in [7, 11) is 1.84. The lowest BCUT2D eigenvalue weighted by atomic mass is 10.2. The maximum atomic E-state index is 12.1. The molecular weight excluding hydrogens is 242 g/mol. The van der Waals surface area contributed by atoms with Crippen LogP contribution in [0.5, 0.6) is 0 Å². The minimum absolute atomic E-state index is 0.0256. The second-order valence-electron chi connectivity index (χ2n) is 3.76. The Hall–Kier alpha value is -0.590. The fourth-order valence-electron chi connectivity index (χ4n) is 1.63. The molecule has 1 fully saturated rings. The molecule has 1 aromatic rings. The smallest absolute Gasteiger partial charge is 0.240 e. The van der Waals surface area contributed by atoms with E-state index in [0.29, 0.717) is 6.54 Å². The maximum absolute atomic E-state index is 12.1. The molecule has 1 aliphatic rings. The van der Waals surface area contributed by atoms with Crippen LogP contribution in [-0.2, 0) is 11.3 Å². The van der Waals surface area contributed by atoms with Gasteiger partial charge in [-0.3, -0.25) is 4.79 Å². The number of hydrogen-bond acceptors (Lipinski definition) is 5. The number of nitrogens with one attached hydrogen (secondary N) is 1. The molecule has 2 rings (SSSR count). The first-order chi connectivity index (χ1) is 7.77. The van der Waals surface area contributed by atoms with Crippen molar-refractivity contribution in [3.63, 3.8) is 0 Å². The number of likely N-dealkylation sites (N-methyl/N-ethyl adjacent to an activating group) is 1. The lowest BCUT2D eigenvalue weighted by Gasteiger charge is -2.26. The van der Waals surface area contributed by atoms with Crippen LogP contribution in [0.1, 0.15) is 5.69 Å². The van der Waals surface area contributed by atoms with Crippen molar-refractivity contribution < 1.29 is 4.79 Å². The van der Waals surface area contributed by atoms with Gasteiger partial charge in [0, 0.05) is 30.5 Å².